The molecule has 5 heteroatoms. The first-order chi connectivity index (χ1) is 9.63. The zero-order valence-corrected chi connectivity index (χ0v) is 10.4. The van der Waals surface area contributed by atoms with Crippen LogP contribution in [0.15, 0.2) is 47.5 Å². The number of fused-ring (bicyclic) bond motifs is 1. The molecule has 0 aliphatic carbocycles. The van der Waals surface area contributed by atoms with Crippen LogP contribution in [0.4, 0.5) is 15.8 Å². The average Bonchev–Trinajstić information content (AvgIpc) is 2.72. The lowest BCUT2D eigenvalue weighted by Crippen LogP contribution is -2.12. The van der Waals surface area contributed by atoms with Gasteiger partial charge in [-0.3, -0.25) is 9.79 Å². The SMILES string of the molecule is O=C1Nc2ccc(F)cc2C1C=Nc1cccc(O)c1. The van der Waals surface area contributed by atoms with Gasteiger partial charge in [0.05, 0.1) is 5.69 Å². The molecule has 20 heavy (non-hydrogen) atoms. The number of phenols is 1. The molecule has 1 aliphatic rings. The molecule has 0 spiro atoms. The lowest BCUT2D eigenvalue weighted by atomic mass is 10.0. The van der Waals surface area contributed by atoms with Gasteiger partial charge in [0.1, 0.15) is 17.5 Å². The monoisotopic (exact) mass is 270 g/mol. The van der Waals surface area contributed by atoms with Gasteiger partial charge in [0, 0.05) is 18.0 Å². The van der Waals surface area contributed by atoms with Crippen LogP contribution in [-0.2, 0) is 4.79 Å². The van der Waals surface area contributed by atoms with Crippen molar-refractivity contribution in [2.45, 2.75) is 5.92 Å². The highest BCUT2D eigenvalue weighted by molar-refractivity contribution is 6.12. The van der Waals surface area contributed by atoms with Crippen molar-refractivity contribution in [3.05, 3.63) is 53.8 Å². The number of rotatable bonds is 2. The van der Waals surface area contributed by atoms with Gasteiger partial charge in [-0.05, 0) is 35.9 Å². The predicted molar refractivity (Wildman–Crippen MR) is 74.0 cm³/mol. The van der Waals surface area contributed by atoms with Gasteiger partial charge < -0.3 is 10.4 Å². The Balaban J connectivity index is 1.92. The van der Waals surface area contributed by atoms with Crippen LogP contribution >= 0.6 is 0 Å². The largest absolute Gasteiger partial charge is 0.508 e. The van der Waals surface area contributed by atoms with Crippen molar-refractivity contribution in [1.82, 2.24) is 0 Å². The highest BCUT2D eigenvalue weighted by Crippen LogP contribution is 2.32. The summed E-state index contributed by atoms with van der Waals surface area (Å²) in [7, 11) is 0. The minimum absolute atomic E-state index is 0.0990. The van der Waals surface area contributed by atoms with E-state index in [4.69, 9.17) is 0 Å². The third-order valence-corrected chi connectivity index (χ3v) is 3.09. The second kappa shape index (κ2) is 4.77. The normalized spacial score (nSPS) is 17.2. The number of amides is 1. The summed E-state index contributed by atoms with van der Waals surface area (Å²) in [6.45, 7) is 0. The topological polar surface area (TPSA) is 61.7 Å². The molecule has 2 N–H and O–H groups in total. The number of aromatic hydroxyl groups is 1. The Morgan fingerprint density at radius 2 is 2.10 bits per heavy atom. The van der Waals surface area contributed by atoms with Crippen molar-refractivity contribution >= 4 is 23.5 Å². The molecule has 1 amide bonds. The van der Waals surface area contributed by atoms with Gasteiger partial charge in [0.25, 0.3) is 0 Å². The second-order valence-corrected chi connectivity index (χ2v) is 4.50. The van der Waals surface area contributed by atoms with Crippen molar-refractivity contribution in [3.8, 4) is 5.75 Å². The molecule has 100 valence electrons. The number of hydrogen-bond acceptors (Lipinski definition) is 3. The van der Waals surface area contributed by atoms with E-state index in [0.717, 1.165) is 0 Å². The van der Waals surface area contributed by atoms with E-state index in [1.54, 1.807) is 12.1 Å². The fourth-order valence-electron chi connectivity index (χ4n) is 2.14. The summed E-state index contributed by atoms with van der Waals surface area (Å²) in [6, 6.07) is 10.5. The van der Waals surface area contributed by atoms with E-state index in [9.17, 15) is 14.3 Å². The van der Waals surface area contributed by atoms with E-state index in [-0.39, 0.29) is 11.7 Å². The van der Waals surface area contributed by atoms with E-state index in [1.165, 1.54) is 36.5 Å². The fourth-order valence-corrected chi connectivity index (χ4v) is 2.14. The minimum atomic E-state index is -0.622. The predicted octanol–water partition coefficient (Wildman–Crippen LogP) is 2.97. The summed E-state index contributed by atoms with van der Waals surface area (Å²) in [5, 5.41) is 12.0. The van der Waals surface area contributed by atoms with Crippen molar-refractivity contribution in [2.75, 3.05) is 5.32 Å². The average molecular weight is 270 g/mol. The Labute approximate surface area is 114 Å². The number of carbonyl (C=O) groups is 1. The molecule has 0 aromatic heterocycles. The quantitative estimate of drug-likeness (QED) is 0.824. The van der Waals surface area contributed by atoms with Gasteiger partial charge in [0.2, 0.25) is 5.91 Å². The van der Waals surface area contributed by atoms with Crippen molar-refractivity contribution in [3.63, 3.8) is 0 Å². The number of phenolic OH excluding ortho intramolecular Hbond substituents is 1. The number of benzene rings is 2. The summed E-state index contributed by atoms with van der Waals surface area (Å²) >= 11 is 0. The van der Waals surface area contributed by atoms with Crippen LogP contribution in [0.25, 0.3) is 0 Å². The molecule has 1 unspecified atom stereocenters. The molecular weight excluding hydrogens is 259 g/mol. The molecule has 2 aromatic rings. The number of anilines is 1. The van der Waals surface area contributed by atoms with Gasteiger partial charge in [-0.1, -0.05) is 6.07 Å². The molecule has 3 rings (SSSR count). The molecular formula is C15H11FN2O2. The van der Waals surface area contributed by atoms with Crippen LogP contribution in [-0.4, -0.2) is 17.2 Å². The molecule has 1 aliphatic heterocycles. The molecule has 4 nitrogen and oxygen atoms in total. The molecule has 0 saturated heterocycles. The number of hydrogen-bond donors (Lipinski definition) is 2. The van der Waals surface area contributed by atoms with E-state index in [1.807, 2.05) is 0 Å². The second-order valence-electron chi connectivity index (χ2n) is 4.50. The van der Waals surface area contributed by atoms with Crippen LogP contribution < -0.4 is 5.32 Å². The molecule has 0 radical (unpaired) electrons. The van der Waals surface area contributed by atoms with E-state index in [0.29, 0.717) is 16.9 Å². The van der Waals surface area contributed by atoms with Crippen molar-refractivity contribution in [2.24, 2.45) is 4.99 Å². The lowest BCUT2D eigenvalue weighted by molar-refractivity contribution is -0.115. The van der Waals surface area contributed by atoms with Crippen LogP contribution in [0.1, 0.15) is 11.5 Å². The standard InChI is InChI=1S/C15H11FN2O2/c16-9-4-5-14-12(6-9)13(15(20)18-14)8-17-10-2-1-3-11(19)7-10/h1-8,13,19H,(H,18,20). The molecule has 0 saturated carbocycles. The number of nitrogens with zero attached hydrogens (tertiary/aromatic N) is 1. The highest BCUT2D eigenvalue weighted by atomic mass is 19.1. The summed E-state index contributed by atoms with van der Waals surface area (Å²) in [5.41, 5.74) is 1.70. The molecule has 1 heterocycles. The van der Waals surface area contributed by atoms with Crippen molar-refractivity contribution < 1.29 is 14.3 Å². The molecule has 2 aromatic carbocycles. The molecule has 0 fully saturated rings. The Morgan fingerprint density at radius 1 is 1.25 bits per heavy atom. The zero-order valence-electron chi connectivity index (χ0n) is 10.4. The smallest absolute Gasteiger partial charge is 0.237 e. The molecule has 0 bridgehead atoms. The summed E-state index contributed by atoms with van der Waals surface area (Å²) in [5.74, 6) is -1.16. The Kier molecular flexibility index (Phi) is 2.95. The van der Waals surface area contributed by atoms with Crippen LogP contribution in [0.3, 0.4) is 0 Å². The van der Waals surface area contributed by atoms with Crippen LogP contribution in [0.5, 0.6) is 5.75 Å². The first-order valence-corrected chi connectivity index (χ1v) is 6.07. The van der Waals surface area contributed by atoms with Gasteiger partial charge in [-0.15, -0.1) is 0 Å². The van der Waals surface area contributed by atoms with Gasteiger partial charge >= 0.3 is 0 Å². The van der Waals surface area contributed by atoms with Gasteiger partial charge in [0.15, 0.2) is 0 Å². The Morgan fingerprint density at radius 3 is 2.90 bits per heavy atom. The van der Waals surface area contributed by atoms with E-state index in [2.05, 4.69) is 10.3 Å². The number of nitrogens with one attached hydrogen (secondary N) is 1. The van der Waals surface area contributed by atoms with Crippen LogP contribution in [0, 0.1) is 5.82 Å². The maximum atomic E-state index is 13.3. The van der Waals surface area contributed by atoms with Crippen LogP contribution in [0.2, 0.25) is 0 Å². The number of halogens is 1. The summed E-state index contributed by atoms with van der Waals surface area (Å²) < 4.78 is 13.3. The van der Waals surface area contributed by atoms with E-state index >= 15 is 0 Å². The summed E-state index contributed by atoms with van der Waals surface area (Å²) in [6.07, 6.45) is 1.45. The molecule has 1 atom stereocenters. The maximum Gasteiger partial charge on any atom is 0.237 e. The van der Waals surface area contributed by atoms with Gasteiger partial charge in [-0.2, -0.15) is 0 Å². The van der Waals surface area contributed by atoms with Crippen molar-refractivity contribution in [1.29, 1.82) is 0 Å². The highest BCUT2D eigenvalue weighted by Gasteiger charge is 2.29. The Bertz CT molecular complexity index is 713. The minimum Gasteiger partial charge on any atom is -0.508 e. The first kappa shape index (κ1) is 12.3. The third kappa shape index (κ3) is 2.25. The third-order valence-electron chi connectivity index (χ3n) is 3.09. The number of aliphatic imine (C=N–C) groups is 1. The Hall–Kier alpha value is -2.69. The fraction of sp³-hybridized carbons (Fsp3) is 0.0667. The maximum absolute atomic E-state index is 13.3. The summed E-state index contributed by atoms with van der Waals surface area (Å²) in [4.78, 5) is 16.0. The lowest BCUT2D eigenvalue weighted by Gasteiger charge is -2.02. The first-order valence-electron chi connectivity index (χ1n) is 6.07. The van der Waals surface area contributed by atoms with Gasteiger partial charge in [-0.25, -0.2) is 4.39 Å². The zero-order chi connectivity index (χ0) is 14.1. The van der Waals surface area contributed by atoms with E-state index < -0.39 is 11.7 Å². The number of carbonyl (C=O) groups excluding carboxylic acids is 1.